The largest absolute Gasteiger partial charge is 4.00 e. The monoisotopic (exact) mass is 566 g/mol. The van der Waals surface area contributed by atoms with Crippen molar-refractivity contribution in [1.82, 2.24) is 12.3 Å². The second-order valence-electron chi connectivity index (χ2n) is 1.34. The minimum Gasteiger partial charge on any atom is -0.412 e. The molecule has 0 saturated heterocycles. The van der Waals surface area contributed by atoms with Crippen LogP contribution in [0.5, 0.6) is 0 Å². The van der Waals surface area contributed by atoms with Crippen LogP contribution in [-0.4, -0.2) is 36.0 Å². The fourth-order valence-corrected chi connectivity index (χ4v) is 0. The van der Waals surface area contributed by atoms with Crippen LogP contribution in [0, 0.1) is 134 Å². The molecule has 0 heterocycles. The Morgan fingerprint density at radius 1 is 0.321 bits per heavy atom. The van der Waals surface area contributed by atoms with E-state index in [1.807, 2.05) is 0 Å². The van der Waals surface area contributed by atoms with Crippen LogP contribution in [0.3, 0.4) is 0 Å². The van der Waals surface area contributed by atoms with Crippen LogP contribution in [0.4, 0.5) is 0 Å². The Hall–Kier alpha value is -3.54. The van der Waals surface area contributed by atoms with Crippen LogP contribution in [-0.2, 0) is 0 Å². The maximum atomic E-state index is 8.25. The van der Waals surface area contributed by atoms with E-state index >= 15 is 0 Å². The quantitative estimate of drug-likeness (QED) is 0.248. The van der Waals surface area contributed by atoms with Gasteiger partial charge in [0.2, 0.25) is 0 Å². The number of hydrogen-bond acceptors (Lipinski definition) is 18. The topological polar surface area (TPSA) is 502 Å². The summed E-state index contributed by atoms with van der Waals surface area (Å²) in [5.74, 6) is 0. The Labute approximate surface area is 181 Å². The summed E-state index contributed by atoms with van der Waals surface area (Å²) in [4.78, 5) is 49.5. The van der Waals surface area contributed by atoms with Crippen LogP contribution in [0.15, 0.2) is 0 Å². The molecule has 168 valence electrons. The predicted octanol–water partition coefficient (Wildman–Crippen LogP) is -1.51. The van der Waals surface area contributed by atoms with Crippen LogP contribution in [0.1, 0.15) is 0 Å². The van der Waals surface area contributed by atoms with E-state index in [1.54, 1.807) is 0 Å². The smallest absolute Gasteiger partial charge is 0.412 e. The molecule has 0 bridgehead atoms. The first-order chi connectivity index (χ1) is 10.4. The zero-order valence-electron chi connectivity index (χ0n) is 13.0. The van der Waals surface area contributed by atoms with Gasteiger partial charge in [-0.05, 0) is 0 Å². The van der Waals surface area contributed by atoms with E-state index < -0.39 is 30.5 Å². The third kappa shape index (κ3) is 823. The van der Waals surface area contributed by atoms with Gasteiger partial charge in [0.15, 0.2) is 0 Å². The van der Waals surface area contributed by atoms with Gasteiger partial charge in [-0.2, -0.15) is 0 Å². The van der Waals surface area contributed by atoms with Gasteiger partial charge in [-0.1, -0.05) is 0 Å². The molecule has 28 heavy (non-hydrogen) atoms. The summed E-state index contributed by atoms with van der Waals surface area (Å²) in [6.07, 6.45) is 0. The molecule has 0 amide bonds. The van der Waals surface area contributed by atoms with Gasteiger partial charge in [-0.15, -0.1) is 0 Å². The van der Waals surface area contributed by atoms with Crippen molar-refractivity contribution < 1.29 is 77.7 Å². The van der Waals surface area contributed by atoms with Gasteiger partial charge in [-0.25, -0.2) is 0 Å². The van der Waals surface area contributed by atoms with Crippen LogP contribution >= 0.6 is 0 Å². The van der Waals surface area contributed by atoms with Crippen molar-refractivity contribution in [3.05, 3.63) is 91.9 Å². The molecule has 0 spiro atoms. The summed E-state index contributed by atoms with van der Waals surface area (Å²) in [5.41, 5.74) is 0. The summed E-state index contributed by atoms with van der Waals surface area (Å²) < 4.78 is 0. The first kappa shape index (κ1) is 64.4. The molecule has 0 unspecified atom stereocenters. The van der Waals surface area contributed by atoms with E-state index in [1.165, 1.54) is 0 Å². The molecule has 0 aliphatic rings. The van der Waals surface area contributed by atoms with E-state index in [0.717, 1.165) is 0 Å². The summed E-state index contributed by atoms with van der Waals surface area (Å²) >= 11 is 0. The van der Waals surface area contributed by atoms with Crippen molar-refractivity contribution in [2.75, 3.05) is 0 Å². The van der Waals surface area contributed by atoms with Gasteiger partial charge in [-0.3, -0.25) is 0 Å². The second kappa shape index (κ2) is 56.6. The molecule has 0 aromatic rings. The Balaban J connectivity index is -0.0000000169. The van der Waals surface area contributed by atoms with Crippen molar-refractivity contribution >= 4 is 0 Å². The molecular weight excluding hydrogens is 556 g/mol. The van der Waals surface area contributed by atoms with Crippen molar-refractivity contribution in [1.29, 1.82) is 0 Å². The third-order valence-corrected chi connectivity index (χ3v) is 0. The normalized spacial score (nSPS) is 5.14. The van der Waals surface area contributed by atoms with E-state index in [-0.39, 0.29) is 59.5 Å². The zero-order valence-corrected chi connectivity index (χ0v) is 16.2. The Morgan fingerprint density at radius 3 is 0.321 bits per heavy atom. The third-order valence-electron chi connectivity index (χ3n) is 0. The van der Waals surface area contributed by atoms with Crippen molar-refractivity contribution in [3.8, 4) is 0 Å². The van der Waals surface area contributed by atoms with Crippen LogP contribution in [0.25, 0.3) is 0 Å². The number of quaternary nitrogens is 2. The maximum absolute atomic E-state index is 8.25. The maximum Gasteiger partial charge on any atom is 4.00 e. The first-order valence-electron chi connectivity index (χ1n) is 3.29. The van der Waals surface area contributed by atoms with Crippen molar-refractivity contribution in [3.63, 3.8) is 0 Å². The van der Waals surface area contributed by atoms with E-state index in [2.05, 4.69) is 0 Å². The molecule has 0 aliphatic carbocycles. The van der Waals surface area contributed by atoms with E-state index in [4.69, 9.17) is 91.9 Å². The molecule has 10 N–H and O–H groups in total. The average molecular weight is 566 g/mol. The average Bonchev–Trinajstić information content (AvgIpc) is 2.08. The van der Waals surface area contributed by atoms with E-state index in [0.29, 0.717) is 0 Å². The second-order valence-corrected chi connectivity index (χ2v) is 1.34. The van der Waals surface area contributed by atoms with Gasteiger partial charge in [0, 0.05) is 0 Å². The first-order valence-corrected chi connectivity index (χ1v) is 3.29. The fourth-order valence-electron chi connectivity index (χ4n) is 0. The Bertz CT molecular complexity index is 261. The standard InChI is InChI=1S/Ce.6NO3.2H3N.H2O/c;6*2-1(3)4;;;/h;;;;;;;2*1H3;1H2/q+4;6*-1;;;/p+2. The van der Waals surface area contributed by atoms with Gasteiger partial charge in [0.05, 0.1) is 30.5 Å². The van der Waals surface area contributed by atoms with Crippen molar-refractivity contribution in [2.24, 2.45) is 0 Å². The van der Waals surface area contributed by atoms with Crippen LogP contribution < -0.4 is 12.3 Å². The molecule has 0 saturated carbocycles. The summed E-state index contributed by atoms with van der Waals surface area (Å²) in [6.45, 7) is 0. The Kier molecular flexibility index (Phi) is 130. The molecule has 28 heteroatoms. The Morgan fingerprint density at radius 2 is 0.321 bits per heavy atom. The predicted molar refractivity (Wildman–Crippen MR) is 77.8 cm³/mol. The summed E-state index contributed by atoms with van der Waals surface area (Å²) in [6, 6.07) is 0. The molecule has 0 radical (unpaired) electrons. The number of rotatable bonds is 0. The van der Waals surface area contributed by atoms with Crippen molar-refractivity contribution in [2.45, 2.75) is 0 Å². The van der Waals surface area contributed by atoms with Gasteiger partial charge in [0.25, 0.3) is 0 Å². The summed E-state index contributed by atoms with van der Waals surface area (Å²) in [7, 11) is 0. The fraction of sp³-hybridized carbons (Fsp3) is 0. The van der Waals surface area contributed by atoms with Gasteiger partial charge in [0.1, 0.15) is 0 Å². The minimum atomic E-state index is -1.75. The molecule has 0 fully saturated rings. The summed E-state index contributed by atoms with van der Waals surface area (Å²) in [5, 5.41) is 88.5. The van der Waals surface area contributed by atoms with Gasteiger partial charge < -0.3 is 110 Å². The zero-order chi connectivity index (χ0) is 21.5. The molecular formula is H10CeN8O19. The minimum absolute atomic E-state index is 0. The molecule has 0 rings (SSSR count). The SMILES string of the molecule is O.O=[N+]([O-])[O-].O=[N+]([O-])[O-].O=[N+]([O-])[O-].O=[N+]([O-])[O-].O=[N+]([O-])[O-].O=[N+]([O-])[O-].[Ce+4].[NH4+].[NH4+]. The molecule has 0 aliphatic heterocycles. The van der Waals surface area contributed by atoms with Crippen LogP contribution in [0.2, 0.25) is 0 Å². The molecule has 0 atom stereocenters. The molecule has 0 aromatic heterocycles. The van der Waals surface area contributed by atoms with E-state index in [9.17, 15) is 0 Å². The number of nitrogens with zero attached hydrogens (tertiary/aromatic N) is 6. The molecule has 27 nitrogen and oxygen atoms in total. The van der Waals surface area contributed by atoms with Gasteiger partial charge >= 0.3 is 41.7 Å². The molecule has 0 aromatic carbocycles. The number of hydrogen-bond donors (Lipinski definition) is 2.